The molecule has 1 aromatic carbocycles. The molecule has 128 valence electrons. The van der Waals surface area contributed by atoms with E-state index in [2.05, 4.69) is 0 Å². The summed E-state index contributed by atoms with van der Waals surface area (Å²) in [5, 5.41) is 0. The minimum atomic E-state index is -0.505. The lowest BCUT2D eigenvalue weighted by molar-refractivity contribution is -0.132. The van der Waals surface area contributed by atoms with Crippen molar-refractivity contribution in [3.63, 3.8) is 0 Å². The number of carbonyl (C=O) groups is 1. The Morgan fingerprint density at radius 1 is 1.17 bits per heavy atom. The number of hydrogen-bond acceptors (Lipinski definition) is 4. The van der Waals surface area contributed by atoms with Gasteiger partial charge in [0.25, 0.3) is 5.56 Å². The van der Waals surface area contributed by atoms with Crippen molar-refractivity contribution >= 4 is 5.91 Å². The Morgan fingerprint density at radius 3 is 2.54 bits per heavy atom. The van der Waals surface area contributed by atoms with Gasteiger partial charge in [-0.2, -0.15) is 0 Å². The lowest BCUT2D eigenvalue weighted by atomic mass is 10.2. The topological polar surface area (TPSA) is 90.3 Å². The van der Waals surface area contributed by atoms with Gasteiger partial charge in [-0.15, -0.1) is 0 Å². The van der Waals surface area contributed by atoms with Gasteiger partial charge in [-0.3, -0.25) is 18.7 Å². The zero-order valence-electron chi connectivity index (χ0n) is 13.7. The van der Waals surface area contributed by atoms with Crippen LogP contribution in [0.15, 0.2) is 52.2 Å². The van der Waals surface area contributed by atoms with E-state index in [1.807, 2.05) is 30.3 Å². The second-order valence-corrected chi connectivity index (χ2v) is 5.57. The van der Waals surface area contributed by atoms with Crippen molar-refractivity contribution in [3.05, 3.63) is 69.0 Å². The summed E-state index contributed by atoms with van der Waals surface area (Å²) in [7, 11) is 1.39. The molecule has 2 N–H and O–H groups in total. The predicted molar refractivity (Wildman–Crippen MR) is 91.5 cm³/mol. The maximum Gasteiger partial charge on any atom is 0.331 e. The van der Waals surface area contributed by atoms with Crippen molar-refractivity contribution in [3.8, 4) is 0 Å². The van der Waals surface area contributed by atoms with Crippen LogP contribution in [-0.4, -0.2) is 33.0 Å². The molecule has 0 saturated carbocycles. The molecule has 0 bridgehead atoms. The molecule has 7 nitrogen and oxygen atoms in total. The zero-order valence-corrected chi connectivity index (χ0v) is 13.7. The van der Waals surface area contributed by atoms with E-state index in [0.717, 1.165) is 10.1 Å². The van der Waals surface area contributed by atoms with Crippen LogP contribution in [0, 0.1) is 0 Å². The van der Waals surface area contributed by atoms with E-state index < -0.39 is 11.2 Å². The molecule has 1 amide bonds. The Hall–Kier alpha value is -2.67. The lowest BCUT2D eigenvalue weighted by Crippen LogP contribution is -2.41. The average Bonchev–Trinajstić information content (AvgIpc) is 2.60. The van der Waals surface area contributed by atoms with E-state index in [-0.39, 0.29) is 12.5 Å². The summed E-state index contributed by atoms with van der Waals surface area (Å²) < 4.78 is 2.22. The third kappa shape index (κ3) is 4.42. The lowest BCUT2D eigenvalue weighted by Gasteiger charge is -2.23. The van der Waals surface area contributed by atoms with Gasteiger partial charge in [0.15, 0.2) is 0 Å². The summed E-state index contributed by atoms with van der Waals surface area (Å²) >= 11 is 0. The first-order valence-corrected chi connectivity index (χ1v) is 7.81. The number of benzene rings is 1. The summed E-state index contributed by atoms with van der Waals surface area (Å²) in [4.78, 5) is 37.8. The number of nitrogens with zero attached hydrogens (tertiary/aromatic N) is 3. The highest BCUT2D eigenvalue weighted by atomic mass is 16.2. The standard InChI is InChI=1S/C17H22N4O3/c1-19-15(22)8-11-21(17(19)24)13-16(23)20(10-5-9-18)12-14-6-3-2-4-7-14/h2-4,6-8,11H,5,9-10,12-13,18H2,1H3. The summed E-state index contributed by atoms with van der Waals surface area (Å²) in [6, 6.07) is 10.9. The number of amides is 1. The first kappa shape index (κ1) is 17.7. The second kappa shape index (κ2) is 8.26. The van der Waals surface area contributed by atoms with Crippen LogP contribution in [-0.2, 0) is 24.9 Å². The quantitative estimate of drug-likeness (QED) is 0.769. The molecule has 0 saturated heterocycles. The first-order valence-electron chi connectivity index (χ1n) is 7.81. The van der Waals surface area contributed by atoms with Gasteiger partial charge in [0.2, 0.25) is 5.91 Å². The summed E-state index contributed by atoms with van der Waals surface area (Å²) in [5.74, 6) is -0.187. The molecule has 1 heterocycles. The Kier molecular flexibility index (Phi) is 6.08. The Balaban J connectivity index is 2.17. The van der Waals surface area contributed by atoms with Gasteiger partial charge in [-0.05, 0) is 18.5 Å². The first-order chi connectivity index (χ1) is 11.5. The molecule has 0 atom stereocenters. The van der Waals surface area contributed by atoms with Gasteiger partial charge in [0.05, 0.1) is 0 Å². The Bertz CT molecular complexity index is 795. The molecule has 0 radical (unpaired) electrons. The second-order valence-electron chi connectivity index (χ2n) is 5.57. The van der Waals surface area contributed by atoms with Gasteiger partial charge in [0.1, 0.15) is 6.54 Å². The van der Waals surface area contributed by atoms with Gasteiger partial charge < -0.3 is 10.6 Å². The zero-order chi connectivity index (χ0) is 17.5. The molecule has 0 fully saturated rings. The van der Waals surface area contributed by atoms with Crippen LogP contribution < -0.4 is 17.0 Å². The molecule has 0 aliphatic carbocycles. The minimum Gasteiger partial charge on any atom is -0.337 e. The molecule has 2 rings (SSSR count). The highest BCUT2D eigenvalue weighted by molar-refractivity contribution is 5.76. The summed E-state index contributed by atoms with van der Waals surface area (Å²) in [6.45, 7) is 1.35. The molecule has 0 unspecified atom stereocenters. The van der Waals surface area contributed by atoms with Gasteiger partial charge >= 0.3 is 5.69 Å². The van der Waals surface area contributed by atoms with Crippen molar-refractivity contribution in [2.24, 2.45) is 12.8 Å². The third-order valence-electron chi connectivity index (χ3n) is 3.77. The van der Waals surface area contributed by atoms with Gasteiger partial charge in [-0.1, -0.05) is 30.3 Å². The van der Waals surface area contributed by atoms with Gasteiger partial charge in [0, 0.05) is 32.4 Å². The van der Waals surface area contributed by atoms with E-state index in [1.165, 1.54) is 23.9 Å². The number of nitrogens with two attached hydrogens (primary N) is 1. The molecule has 1 aromatic heterocycles. The maximum absolute atomic E-state index is 12.6. The van der Waals surface area contributed by atoms with Crippen LogP contribution in [0.1, 0.15) is 12.0 Å². The van der Waals surface area contributed by atoms with Crippen molar-refractivity contribution in [1.29, 1.82) is 0 Å². The molecule has 2 aromatic rings. The van der Waals surface area contributed by atoms with Crippen molar-refractivity contribution in [2.75, 3.05) is 13.1 Å². The Labute approximate surface area is 139 Å². The largest absolute Gasteiger partial charge is 0.337 e. The molecule has 0 aliphatic heterocycles. The smallest absolute Gasteiger partial charge is 0.331 e. The minimum absolute atomic E-state index is 0.107. The van der Waals surface area contributed by atoms with Crippen LogP contribution in [0.2, 0.25) is 0 Å². The highest BCUT2D eigenvalue weighted by Gasteiger charge is 2.15. The number of carbonyl (C=O) groups excluding carboxylic acids is 1. The molecule has 24 heavy (non-hydrogen) atoms. The number of rotatable bonds is 7. The van der Waals surface area contributed by atoms with E-state index in [0.29, 0.717) is 26.1 Å². The number of aromatic nitrogens is 2. The molecule has 0 aliphatic rings. The van der Waals surface area contributed by atoms with Crippen LogP contribution in [0.25, 0.3) is 0 Å². The van der Waals surface area contributed by atoms with Crippen LogP contribution in [0.5, 0.6) is 0 Å². The van der Waals surface area contributed by atoms with Crippen LogP contribution >= 0.6 is 0 Å². The summed E-state index contributed by atoms with van der Waals surface area (Å²) in [6.07, 6.45) is 2.03. The fraction of sp³-hybridized carbons (Fsp3) is 0.353. The van der Waals surface area contributed by atoms with E-state index in [9.17, 15) is 14.4 Å². The maximum atomic E-state index is 12.6. The fourth-order valence-corrected chi connectivity index (χ4v) is 2.36. The average molecular weight is 330 g/mol. The molecular formula is C17H22N4O3. The normalized spacial score (nSPS) is 10.6. The molecule has 7 heteroatoms. The van der Waals surface area contributed by atoms with Crippen LogP contribution in [0.3, 0.4) is 0 Å². The predicted octanol–water partition coefficient (Wildman–Crippen LogP) is -0.0754. The fourth-order valence-electron chi connectivity index (χ4n) is 2.36. The third-order valence-corrected chi connectivity index (χ3v) is 3.77. The van der Waals surface area contributed by atoms with Crippen molar-refractivity contribution in [1.82, 2.24) is 14.0 Å². The number of hydrogen-bond donors (Lipinski definition) is 1. The monoisotopic (exact) mass is 330 g/mol. The van der Waals surface area contributed by atoms with E-state index in [1.54, 1.807) is 4.90 Å². The SMILES string of the molecule is Cn1c(=O)ccn(CC(=O)N(CCCN)Cc2ccccc2)c1=O. The molecule has 0 spiro atoms. The van der Waals surface area contributed by atoms with Crippen molar-refractivity contribution in [2.45, 2.75) is 19.5 Å². The van der Waals surface area contributed by atoms with Crippen LogP contribution in [0.4, 0.5) is 0 Å². The van der Waals surface area contributed by atoms with Gasteiger partial charge in [-0.25, -0.2) is 4.79 Å². The van der Waals surface area contributed by atoms with E-state index >= 15 is 0 Å². The van der Waals surface area contributed by atoms with Crippen molar-refractivity contribution < 1.29 is 4.79 Å². The van der Waals surface area contributed by atoms with E-state index in [4.69, 9.17) is 5.73 Å². The highest BCUT2D eigenvalue weighted by Crippen LogP contribution is 2.06. The Morgan fingerprint density at radius 2 is 1.88 bits per heavy atom. The summed E-state index contributed by atoms with van der Waals surface area (Å²) in [5.41, 5.74) is 5.66. The molecular weight excluding hydrogens is 308 g/mol.